The van der Waals surface area contributed by atoms with Crippen LogP contribution in [0, 0.1) is 11.3 Å². The summed E-state index contributed by atoms with van der Waals surface area (Å²) in [5, 5.41) is 9.72. The molecule has 1 fully saturated rings. The van der Waals surface area contributed by atoms with E-state index in [0.29, 0.717) is 6.61 Å². The van der Waals surface area contributed by atoms with Crippen LogP contribution in [0.15, 0.2) is 40.9 Å². The molecule has 172 valence electrons. The predicted octanol–water partition coefficient (Wildman–Crippen LogP) is 6.83. The van der Waals surface area contributed by atoms with Crippen LogP contribution in [0.4, 0.5) is 0 Å². The lowest BCUT2D eigenvalue weighted by Crippen LogP contribution is -2.50. The summed E-state index contributed by atoms with van der Waals surface area (Å²) in [6.07, 6.45) is 4.74. The molecule has 4 rings (SSSR count). The van der Waals surface area contributed by atoms with Crippen LogP contribution in [0.2, 0.25) is 0 Å². The first-order chi connectivity index (χ1) is 15.2. The first-order valence-corrected chi connectivity index (χ1v) is 12.2. The number of aryl methyl sites for hydroxylation is 1. The van der Waals surface area contributed by atoms with Crippen LogP contribution >= 0.6 is 15.9 Å². The first kappa shape index (κ1) is 23.3. The second kappa shape index (κ2) is 8.83. The molecule has 2 aliphatic carbocycles. The van der Waals surface area contributed by atoms with Gasteiger partial charge < -0.3 is 14.6 Å². The molecule has 2 aromatic rings. The minimum absolute atomic E-state index is 0.0347. The average molecular weight is 501 g/mol. The molecule has 1 N–H and O–H groups in total. The highest BCUT2D eigenvalue weighted by molar-refractivity contribution is 9.10. The van der Waals surface area contributed by atoms with Crippen molar-refractivity contribution in [2.75, 3.05) is 7.11 Å². The van der Waals surface area contributed by atoms with Crippen LogP contribution in [0.1, 0.15) is 74.8 Å². The topological polar surface area (TPSA) is 55.8 Å². The van der Waals surface area contributed by atoms with Gasteiger partial charge in [-0.3, -0.25) is 4.79 Å². The first-order valence-electron chi connectivity index (χ1n) is 11.5. The average Bonchev–Trinajstić information content (AvgIpc) is 2.71. The van der Waals surface area contributed by atoms with E-state index in [1.54, 1.807) is 7.11 Å². The SMILES string of the molecule is CO[C@H](c1cc(COc2ccc3c(c2)[C@@]2(CCC3)CCC2C(=O)O)ccc1Br)C(C)(C)C. The van der Waals surface area contributed by atoms with E-state index in [-0.39, 0.29) is 22.9 Å². The lowest BCUT2D eigenvalue weighted by molar-refractivity contribution is -0.150. The fourth-order valence-electron chi connectivity index (χ4n) is 5.67. The number of hydrogen-bond donors (Lipinski definition) is 1. The molecule has 3 atom stereocenters. The zero-order valence-electron chi connectivity index (χ0n) is 19.4. The van der Waals surface area contributed by atoms with E-state index >= 15 is 0 Å². The Morgan fingerprint density at radius 2 is 2.00 bits per heavy atom. The van der Waals surface area contributed by atoms with Crippen molar-refractivity contribution in [2.24, 2.45) is 11.3 Å². The quantitative estimate of drug-likeness (QED) is 0.472. The van der Waals surface area contributed by atoms with E-state index in [2.05, 4.69) is 67.0 Å². The van der Waals surface area contributed by atoms with Crippen molar-refractivity contribution in [3.8, 4) is 5.75 Å². The number of benzene rings is 2. The molecule has 0 amide bonds. The Bertz CT molecular complexity index is 1010. The minimum atomic E-state index is -0.663. The van der Waals surface area contributed by atoms with Crippen LogP contribution < -0.4 is 4.74 Å². The third-order valence-corrected chi connectivity index (χ3v) is 8.02. The molecule has 0 saturated heterocycles. The molecule has 0 aromatic heterocycles. The van der Waals surface area contributed by atoms with Gasteiger partial charge in [-0.25, -0.2) is 0 Å². The Kier molecular flexibility index (Phi) is 6.43. The second-order valence-corrected chi connectivity index (χ2v) is 11.2. The number of ether oxygens (including phenoxy) is 2. The summed E-state index contributed by atoms with van der Waals surface area (Å²) in [5.41, 5.74) is 4.44. The van der Waals surface area contributed by atoms with Gasteiger partial charge in [0.05, 0.1) is 12.0 Å². The number of methoxy groups -OCH3 is 1. The van der Waals surface area contributed by atoms with E-state index in [1.807, 2.05) is 6.07 Å². The summed E-state index contributed by atoms with van der Waals surface area (Å²) in [5.74, 6) is -0.122. The summed E-state index contributed by atoms with van der Waals surface area (Å²) in [7, 11) is 1.75. The van der Waals surface area contributed by atoms with Gasteiger partial charge in [0.2, 0.25) is 0 Å². The highest BCUT2D eigenvalue weighted by Crippen LogP contribution is 2.55. The highest BCUT2D eigenvalue weighted by Gasteiger charge is 2.53. The van der Waals surface area contributed by atoms with Gasteiger partial charge in [0.1, 0.15) is 12.4 Å². The maximum Gasteiger partial charge on any atom is 0.307 e. The van der Waals surface area contributed by atoms with Crippen molar-refractivity contribution >= 4 is 21.9 Å². The zero-order chi connectivity index (χ0) is 23.1. The molecule has 0 radical (unpaired) electrons. The normalized spacial score (nSPS) is 23.3. The summed E-state index contributed by atoms with van der Waals surface area (Å²) in [4.78, 5) is 11.8. The maximum absolute atomic E-state index is 11.8. The molecular weight excluding hydrogens is 468 g/mol. The summed E-state index contributed by atoms with van der Waals surface area (Å²) in [6.45, 7) is 6.97. The lowest BCUT2D eigenvalue weighted by atomic mass is 9.52. The summed E-state index contributed by atoms with van der Waals surface area (Å²) < 4.78 is 13.1. The molecule has 0 bridgehead atoms. The van der Waals surface area contributed by atoms with Crippen molar-refractivity contribution in [3.05, 3.63) is 63.1 Å². The molecule has 0 aliphatic heterocycles. The minimum Gasteiger partial charge on any atom is -0.489 e. The summed E-state index contributed by atoms with van der Waals surface area (Å²) >= 11 is 3.68. The molecule has 2 aromatic carbocycles. The van der Waals surface area contributed by atoms with Crippen LogP contribution in [0.5, 0.6) is 5.75 Å². The number of carboxylic acid groups (broad SMARTS) is 1. The van der Waals surface area contributed by atoms with Crippen molar-refractivity contribution < 1.29 is 19.4 Å². The van der Waals surface area contributed by atoms with E-state index in [9.17, 15) is 9.90 Å². The Morgan fingerprint density at radius 3 is 2.62 bits per heavy atom. The fourth-order valence-corrected chi connectivity index (χ4v) is 6.13. The smallest absolute Gasteiger partial charge is 0.307 e. The van der Waals surface area contributed by atoms with Crippen molar-refractivity contribution in [1.29, 1.82) is 0 Å². The molecule has 2 aliphatic rings. The Labute approximate surface area is 199 Å². The maximum atomic E-state index is 11.8. The number of hydrogen-bond acceptors (Lipinski definition) is 3. The van der Waals surface area contributed by atoms with E-state index in [4.69, 9.17) is 9.47 Å². The van der Waals surface area contributed by atoms with Gasteiger partial charge in [0.15, 0.2) is 0 Å². The third kappa shape index (κ3) is 4.22. The van der Waals surface area contributed by atoms with Gasteiger partial charge in [0, 0.05) is 17.0 Å². The summed E-state index contributed by atoms with van der Waals surface area (Å²) in [6, 6.07) is 12.5. The fraction of sp³-hybridized carbons (Fsp3) is 0.519. The van der Waals surface area contributed by atoms with Gasteiger partial charge >= 0.3 is 5.97 Å². The van der Waals surface area contributed by atoms with Gasteiger partial charge in [-0.1, -0.05) is 48.8 Å². The molecule has 4 nitrogen and oxygen atoms in total. The Morgan fingerprint density at radius 1 is 1.22 bits per heavy atom. The predicted molar refractivity (Wildman–Crippen MR) is 129 cm³/mol. The number of halogens is 1. The second-order valence-electron chi connectivity index (χ2n) is 10.4. The zero-order valence-corrected chi connectivity index (χ0v) is 21.0. The monoisotopic (exact) mass is 500 g/mol. The number of fused-ring (bicyclic) bond motifs is 2. The number of carbonyl (C=O) groups is 1. The Balaban J connectivity index is 1.56. The van der Waals surface area contributed by atoms with E-state index in [0.717, 1.165) is 53.5 Å². The highest BCUT2D eigenvalue weighted by atomic mass is 79.9. The van der Waals surface area contributed by atoms with E-state index < -0.39 is 5.97 Å². The molecule has 1 saturated carbocycles. The van der Waals surface area contributed by atoms with Gasteiger partial charge in [-0.15, -0.1) is 0 Å². The van der Waals surface area contributed by atoms with Crippen LogP contribution in [0.3, 0.4) is 0 Å². The number of carboxylic acids is 1. The molecule has 1 unspecified atom stereocenters. The van der Waals surface area contributed by atoms with Gasteiger partial charge in [0.25, 0.3) is 0 Å². The lowest BCUT2D eigenvalue weighted by Gasteiger charge is -2.51. The molecule has 32 heavy (non-hydrogen) atoms. The van der Waals surface area contributed by atoms with E-state index in [1.165, 1.54) is 11.1 Å². The molecule has 0 heterocycles. The standard InChI is InChI=1S/C27H33BrO4/c1-26(2,3)24(31-4)20-14-17(7-10-23(20)28)16-32-19-9-8-18-6-5-12-27(22(18)15-19)13-11-21(27)25(29)30/h7-10,14-15,21,24H,5-6,11-13,16H2,1-4H3,(H,29,30)/t21?,24-,27+/m1/s1. The molecular formula is C27H33BrO4. The third-order valence-electron chi connectivity index (χ3n) is 7.30. The van der Waals surface area contributed by atoms with Crippen molar-refractivity contribution in [3.63, 3.8) is 0 Å². The van der Waals surface area contributed by atoms with Gasteiger partial charge in [-0.05, 0) is 84.0 Å². The molecule has 5 heteroatoms. The van der Waals surface area contributed by atoms with Crippen molar-refractivity contribution in [2.45, 2.75) is 71.0 Å². The van der Waals surface area contributed by atoms with Gasteiger partial charge in [-0.2, -0.15) is 0 Å². The number of rotatable bonds is 6. The largest absolute Gasteiger partial charge is 0.489 e. The molecule has 1 spiro atoms. The number of aliphatic carboxylic acids is 1. The van der Waals surface area contributed by atoms with Crippen LogP contribution in [-0.4, -0.2) is 18.2 Å². The van der Waals surface area contributed by atoms with Crippen LogP contribution in [0.25, 0.3) is 0 Å². The van der Waals surface area contributed by atoms with Crippen LogP contribution in [-0.2, 0) is 28.0 Å². The van der Waals surface area contributed by atoms with Crippen molar-refractivity contribution in [1.82, 2.24) is 0 Å². The Hall–Kier alpha value is -1.85.